The number of allylic oxidation sites excluding steroid dienone is 1. The van der Waals surface area contributed by atoms with E-state index in [4.69, 9.17) is 14.2 Å². The molecule has 0 bridgehead atoms. The maximum Gasteiger partial charge on any atom is 0.302 e. The van der Waals surface area contributed by atoms with Crippen LogP contribution in [-0.2, 0) is 23.8 Å². The highest BCUT2D eigenvalue weighted by atomic mass is 16.6. The number of ether oxygens (including phenoxy) is 3. The summed E-state index contributed by atoms with van der Waals surface area (Å²) in [6.45, 7) is 6.88. The summed E-state index contributed by atoms with van der Waals surface area (Å²) in [7, 11) is 0. The Balaban J connectivity index is 1.28. The van der Waals surface area contributed by atoms with Crippen molar-refractivity contribution in [3.63, 3.8) is 0 Å². The lowest BCUT2D eigenvalue weighted by Gasteiger charge is -2.58. The number of fused-ring (bicyclic) bond motifs is 7. The van der Waals surface area contributed by atoms with Crippen molar-refractivity contribution >= 4 is 11.8 Å². The van der Waals surface area contributed by atoms with Gasteiger partial charge in [-0.15, -0.1) is 0 Å². The normalized spacial score (nSPS) is 54.2. The molecule has 158 valence electrons. The van der Waals surface area contributed by atoms with E-state index in [1.165, 1.54) is 18.9 Å². The zero-order chi connectivity index (χ0) is 20.2. The number of epoxide rings is 2. The van der Waals surface area contributed by atoms with Crippen LogP contribution in [0.4, 0.5) is 0 Å². The molecule has 0 spiro atoms. The summed E-state index contributed by atoms with van der Waals surface area (Å²) in [5.74, 6) is 1.92. The summed E-state index contributed by atoms with van der Waals surface area (Å²) in [5.41, 5.74) is 1.13. The molecule has 0 aromatic heterocycles. The van der Waals surface area contributed by atoms with Crippen LogP contribution in [0.5, 0.6) is 0 Å². The number of esters is 1. The van der Waals surface area contributed by atoms with Crippen LogP contribution in [0.25, 0.3) is 0 Å². The fraction of sp³-hybridized carbons (Fsp3) is 0.833. The third-order valence-electron chi connectivity index (χ3n) is 9.81. The Hall–Kier alpha value is -1.20. The van der Waals surface area contributed by atoms with E-state index >= 15 is 0 Å². The largest absolute Gasteiger partial charge is 0.462 e. The predicted molar refractivity (Wildman–Crippen MR) is 105 cm³/mol. The van der Waals surface area contributed by atoms with Crippen LogP contribution >= 0.6 is 0 Å². The first-order chi connectivity index (χ1) is 13.8. The highest BCUT2D eigenvalue weighted by Crippen LogP contribution is 2.73. The fourth-order valence-corrected chi connectivity index (χ4v) is 8.25. The van der Waals surface area contributed by atoms with Crippen LogP contribution in [0, 0.1) is 28.6 Å². The van der Waals surface area contributed by atoms with Gasteiger partial charge in [0.15, 0.2) is 11.4 Å². The minimum Gasteiger partial charge on any atom is -0.462 e. The van der Waals surface area contributed by atoms with Crippen molar-refractivity contribution in [2.24, 2.45) is 28.6 Å². The van der Waals surface area contributed by atoms with Crippen molar-refractivity contribution in [2.75, 3.05) is 6.61 Å². The van der Waals surface area contributed by atoms with E-state index in [1.54, 1.807) is 0 Å². The Labute approximate surface area is 172 Å². The van der Waals surface area contributed by atoms with Gasteiger partial charge < -0.3 is 14.2 Å². The van der Waals surface area contributed by atoms with E-state index in [1.807, 2.05) is 0 Å². The number of carbonyl (C=O) groups excluding carboxylic acids is 2. The molecular formula is C24H32O5. The summed E-state index contributed by atoms with van der Waals surface area (Å²) in [6.07, 6.45) is 9.75. The van der Waals surface area contributed by atoms with Crippen molar-refractivity contribution < 1.29 is 23.8 Å². The van der Waals surface area contributed by atoms with Crippen LogP contribution in [0.1, 0.15) is 65.7 Å². The third kappa shape index (κ3) is 2.29. The monoisotopic (exact) mass is 400 g/mol. The van der Waals surface area contributed by atoms with Crippen LogP contribution < -0.4 is 0 Å². The van der Waals surface area contributed by atoms with Crippen molar-refractivity contribution in [3.05, 3.63) is 11.6 Å². The average molecular weight is 401 g/mol. The summed E-state index contributed by atoms with van der Waals surface area (Å²) in [6, 6.07) is 0. The Bertz CT molecular complexity index is 814. The topological polar surface area (TPSA) is 68.4 Å². The Morgan fingerprint density at radius 1 is 1.17 bits per heavy atom. The van der Waals surface area contributed by atoms with Gasteiger partial charge in [0.25, 0.3) is 0 Å². The highest BCUT2D eigenvalue weighted by Gasteiger charge is 2.81. The molecular weight excluding hydrogens is 368 g/mol. The molecule has 0 aromatic carbocycles. The number of carbonyl (C=O) groups is 2. The van der Waals surface area contributed by atoms with Crippen molar-refractivity contribution in [2.45, 2.75) is 89.6 Å². The molecule has 5 nitrogen and oxygen atoms in total. The molecule has 0 unspecified atom stereocenters. The van der Waals surface area contributed by atoms with Crippen molar-refractivity contribution in [1.82, 2.24) is 0 Å². The molecule has 9 atom stereocenters. The van der Waals surface area contributed by atoms with E-state index in [-0.39, 0.29) is 40.9 Å². The second-order valence-electron chi connectivity index (χ2n) is 11.0. The van der Waals surface area contributed by atoms with Crippen LogP contribution in [-0.4, -0.2) is 42.3 Å². The van der Waals surface area contributed by atoms with Gasteiger partial charge in [0.1, 0.15) is 12.2 Å². The molecule has 29 heavy (non-hydrogen) atoms. The third-order valence-corrected chi connectivity index (χ3v) is 9.81. The minimum atomic E-state index is -0.554. The molecule has 5 fully saturated rings. The van der Waals surface area contributed by atoms with Gasteiger partial charge in [-0.1, -0.05) is 25.5 Å². The number of hydrogen-bond donors (Lipinski definition) is 0. The Morgan fingerprint density at radius 3 is 2.69 bits per heavy atom. The number of ketones is 1. The van der Waals surface area contributed by atoms with Crippen LogP contribution in [0.2, 0.25) is 0 Å². The van der Waals surface area contributed by atoms with E-state index in [0.717, 1.165) is 38.5 Å². The fourth-order valence-electron chi connectivity index (χ4n) is 8.25. The number of hydrogen-bond acceptors (Lipinski definition) is 5. The first-order valence-electron chi connectivity index (χ1n) is 11.5. The minimum absolute atomic E-state index is 0.0431. The lowest BCUT2D eigenvalue weighted by Crippen LogP contribution is -2.55. The zero-order valence-corrected chi connectivity index (χ0v) is 17.7. The van der Waals surface area contributed by atoms with Gasteiger partial charge in [0, 0.05) is 18.8 Å². The van der Waals surface area contributed by atoms with Gasteiger partial charge in [-0.25, -0.2) is 0 Å². The quantitative estimate of drug-likeness (QED) is 0.411. The number of Topliss-reactive ketones (excluding diaryl/α,β-unsaturated/α-hetero) is 1. The first kappa shape index (κ1) is 18.6. The molecule has 2 saturated heterocycles. The van der Waals surface area contributed by atoms with E-state index in [9.17, 15) is 9.59 Å². The smallest absolute Gasteiger partial charge is 0.302 e. The molecule has 6 aliphatic rings. The van der Waals surface area contributed by atoms with E-state index in [0.29, 0.717) is 24.4 Å². The predicted octanol–water partition coefficient (Wildman–Crippen LogP) is 3.60. The average Bonchev–Trinajstić information content (AvgIpc) is 3.58. The first-order valence-corrected chi connectivity index (χ1v) is 11.5. The van der Waals surface area contributed by atoms with Gasteiger partial charge >= 0.3 is 5.97 Å². The maximum atomic E-state index is 13.1. The van der Waals surface area contributed by atoms with E-state index < -0.39 is 5.60 Å². The van der Waals surface area contributed by atoms with Gasteiger partial charge in [0.2, 0.25) is 0 Å². The lowest BCUT2D eigenvalue weighted by molar-refractivity contribution is -0.149. The summed E-state index contributed by atoms with van der Waals surface area (Å²) in [4.78, 5) is 24.5. The summed E-state index contributed by atoms with van der Waals surface area (Å²) >= 11 is 0. The second kappa shape index (κ2) is 5.73. The molecule has 5 heteroatoms. The SMILES string of the molecule is CC(=O)O[C@@H]1CC[C@]2(C)C(=CC[C@@H]3[C@H]4C[C@H]5O[C@@]5(C(=O)[C@@H]5CO5)[C@@]4(C)CC[C@H]32)C1. The van der Waals surface area contributed by atoms with Gasteiger partial charge in [-0.3, -0.25) is 9.59 Å². The van der Waals surface area contributed by atoms with Crippen molar-refractivity contribution in [1.29, 1.82) is 0 Å². The zero-order valence-electron chi connectivity index (χ0n) is 17.7. The summed E-state index contributed by atoms with van der Waals surface area (Å²) in [5, 5.41) is 0. The van der Waals surface area contributed by atoms with Crippen LogP contribution in [0.15, 0.2) is 11.6 Å². The van der Waals surface area contributed by atoms with E-state index in [2.05, 4.69) is 19.9 Å². The molecule has 0 radical (unpaired) electrons. The lowest BCUT2D eigenvalue weighted by atomic mass is 9.47. The molecule has 6 rings (SSSR count). The second-order valence-corrected chi connectivity index (χ2v) is 11.0. The molecule has 4 aliphatic carbocycles. The Morgan fingerprint density at radius 2 is 1.97 bits per heavy atom. The summed E-state index contributed by atoms with van der Waals surface area (Å²) < 4.78 is 17.0. The number of rotatable bonds is 3. The van der Waals surface area contributed by atoms with Gasteiger partial charge in [-0.05, 0) is 61.7 Å². The Kier molecular flexibility index (Phi) is 3.67. The molecule has 3 saturated carbocycles. The van der Waals surface area contributed by atoms with Gasteiger partial charge in [-0.2, -0.15) is 0 Å². The molecule has 2 aliphatic heterocycles. The standard InChI is InChI=1S/C24H32O5/c1-13(25)28-15-6-8-22(2)14(10-15)4-5-16-17(22)7-9-23(3)18(16)11-20-24(23,29-20)21(26)19-12-27-19/h4,15-20H,5-12H2,1-3H3/t15-,16+,17-,18-,19+,20-,22-,23+,24+/m1/s1. The van der Waals surface area contributed by atoms with Gasteiger partial charge in [0.05, 0.1) is 12.7 Å². The maximum absolute atomic E-state index is 13.1. The molecule has 0 amide bonds. The molecule has 0 N–H and O–H groups in total. The van der Waals surface area contributed by atoms with Crippen molar-refractivity contribution in [3.8, 4) is 0 Å². The molecule has 0 aromatic rings. The van der Waals surface area contributed by atoms with Crippen LogP contribution in [0.3, 0.4) is 0 Å². The molecule has 2 heterocycles. The highest BCUT2D eigenvalue weighted by molar-refractivity contribution is 5.97.